The Morgan fingerprint density at radius 1 is 1.05 bits per heavy atom. The Balaban J connectivity index is 2.26. The Kier molecular flexibility index (Phi) is 4.69. The van der Waals surface area contributed by atoms with E-state index in [2.05, 4.69) is 24.8 Å². The Morgan fingerprint density at radius 3 is 2.33 bits per heavy atom. The van der Waals surface area contributed by atoms with Crippen molar-refractivity contribution in [3.05, 3.63) is 36.4 Å². The van der Waals surface area contributed by atoms with Crippen molar-refractivity contribution >= 4 is 6.21 Å². The first-order valence-electron chi connectivity index (χ1n) is 5.47. The second-order valence-corrected chi connectivity index (χ2v) is 3.54. The molecule has 1 aromatic carbocycles. The maximum Gasteiger partial charge on any atom is 0.387 e. The fraction of sp³-hybridized carbons (Fsp3) is 0.182. The summed E-state index contributed by atoms with van der Waals surface area (Å²) in [6.07, 6.45) is 3.74. The van der Waals surface area contributed by atoms with Crippen LogP contribution in [0.5, 0.6) is 11.5 Å². The topological polar surface area (TPSA) is 61.5 Å². The van der Waals surface area contributed by atoms with Gasteiger partial charge >= 0.3 is 13.2 Å². The fourth-order valence-corrected chi connectivity index (χ4v) is 1.38. The molecule has 0 atom stereocenters. The Hall–Kier alpha value is -2.65. The number of benzene rings is 1. The van der Waals surface area contributed by atoms with Crippen molar-refractivity contribution < 1.29 is 27.0 Å². The number of alkyl halides is 4. The monoisotopic (exact) mass is 304 g/mol. The Bertz CT molecular complexity index is 604. The zero-order chi connectivity index (χ0) is 15.2. The van der Waals surface area contributed by atoms with Gasteiger partial charge in [-0.3, -0.25) is 0 Å². The van der Waals surface area contributed by atoms with Gasteiger partial charge in [-0.2, -0.15) is 22.7 Å². The van der Waals surface area contributed by atoms with Gasteiger partial charge < -0.3 is 9.47 Å². The molecule has 0 unspecified atom stereocenters. The molecule has 0 bridgehead atoms. The van der Waals surface area contributed by atoms with E-state index >= 15 is 0 Å². The molecule has 0 amide bonds. The van der Waals surface area contributed by atoms with Crippen LogP contribution >= 0.6 is 0 Å². The number of halogens is 4. The normalized spacial score (nSPS) is 11.5. The van der Waals surface area contributed by atoms with Crippen molar-refractivity contribution in [3.8, 4) is 11.5 Å². The van der Waals surface area contributed by atoms with Crippen molar-refractivity contribution in [3.63, 3.8) is 0 Å². The van der Waals surface area contributed by atoms with Crippen LogP contribution in [0.2, 0.25) is 0 Å². The molecule has 2 rings (SSSR count). The maximum atomic E-state index is 12.3. The van der Waals surface area contributed by atoms with Crippen LogP contribution in [0.3, 0.4) is 0 Å². The smallest absolute Gasteiger partial charge is 0.387 e. The van der Waals surface area contributed by atoms with Crippen LogP contribution < -0.4 is 9.47 Å². The van der Waals surface area contributed by atoms with Gasteiger partial charge in [0, 0.05) is 11.6 Å². The standard InChI is InChI=1S/C11H8F4N4O2/c12-10(13)20-8-2-1-7(9(3-8)21-11(14)15)4-18-19-5-16-17-6-19/h1-6,10-11H/b18-4+. The number of ether oxygens (including phenoxy) is 2. The molecule has 0 radical (unpaired) electrons. The predicted octanol–water partition coefficient (Wildman–Crippen LogP) is 2.36. The molecule has 0 aliphatic rings. The largest absolute Gasteiger partial charge is 0.435 e. The molecule has 10 heteroatoms. The quantitative estimate of drug-likeness (QED) is 0.607. The van der Waals surface area contributed by atoms with E-state index in [4.69, 9.17) is 0 Å². The van der Waals surface area contributed by atoms with E-state index < -0.39 is 13.2 Å². The molecule has 0 saturated carbocycles. The van der Waals surface area contributed by atoms with Gasteiger partial charge in [-0.15, -0.1) is 10.2 Å². The lowest BCUT2D eigenvalue weighted by Gasteiger charge is -2.10. The summed E-state index contributed by atoms with van der Waals surface area (Å²) in [6, 6.07) is 3.35. The van der Waals surface area contributed by atoms with Crippen LogP contribution in [0, 0.1) is 0 Å². The average Bonchev–Trinajstić information content (AvgIpc) is 2.89. The molecule has 2 aromatic rings. The molecule has 0 saturated heterocycles. The highest BCUT2D eigenvalue weighted by molar-refractivity contribution is 5.83. The van der Waals surface area contributed by atoms with Crippen molar-refractivity contribution in [1.29, 1.82) is 0 Å². The highest BCUT2D eigenvalue weighted by atomic mass is 19.3. The summed E-state index contributed by atoms with van der Waals surface area (Å²) in [5.74, 6) is -0.651. The zero-order valence-corrected chi connectivity index (χ0v) is 10.2. The fourth-order valence-electron chi connectivity index (χ4n) is 1.38. The number of hydrogen-bond donors (Lipinski definition) is 0. The minimum Gasteiger partial charge on any atom is -0.435 e. The summed E-state index contributed by atoms with van der Waals surface area (Å²) < 4.78 is 58.4. The molecule has 21 heavy (non-hydrogen) atoms. The summed E-state index contributed by atoms with van der Waals surface area (Å²) in [6.45, 7) is -6.19. The summed E-state index contributed by atoms with van der Waals surface area (Å²) in [7, 11) is 0. The molecule has 0 aliphatic heterocycles. The van der Waals surface area contributed by atoms with Crippen LogP contribution in [0.25, 0.3) is 0 Å². The van der Waals surface area contributed by atoms with E-state index in [0.29, 0.717) is 0 Å². The van der Waals surface area contributed by atoms with Crippen LogP contribution in [-0.2, 0) is 0 Å². The molecule has 0 fully saturated rings. The number of rotatable bonds is 6. The maximum absolute atomic E-state index is 12.3. The molecular formula is C11H8F4N4O2. The zero-order valence-electron chi connectivity index (χ0n) is 10.2. The number of hydrogen-bond acceptors (Lipinski definition) is 5. The Morgan fingerprint density at radius 2 is 1.71 bits per heavy atom. The minimum absolute atomic E-state index is 0.144. The molecule has 1 aromatic heterocycles. The van der Waals surface area contributed by atoms with Crippen molar-refractivity contribution in [1.82, 2.24) is 14.9 Å². The van der Waals surface area contributed by atoms with E-state index in [0.717, 1.165) is 6.07 Å². The highest BCUT2D eigenvalue weighted by Gasteiger charge is 2.12. The molecule has 6 nitrogen and oxygen atoms in total. The van der Waals surface area contributed by atoms with Crippen molar-refractivity contribution in [2.45, 2.75) is 13.2 Å². The third kappa shape index (κ3) is 4.44. The number of aromatic nitrogens is 3. The van der Waals surface area contributed by atoms with E-state index in [-0.39, 0.29) is 17.1 Å². The van der Waals surface area contributed by atoms with E-state index in [9.17, 15) is 17.6 Å². The van der Waals surface area contributed by atoms with Crippen molar-refractivity contribution in [2.75, 3.05) is 0 Å². The van der Waals surface area contributed by atoms with Gasteiger partial charge in [0.15, 0.2) is 0 Å². The van der Waals surface area contributed by atoms with E-state index in [1.54, 1.807) is 0 Å². The van der Waals surface area contributed by atoms with E-state index in [1.165, 1.54) is 35.7 Å². The van der Waals surface area contributed by atoms with Gasteiger partial charge in [0.2, 0.25) is 0 Å². The SMILES string of the molecule is FC(F)Oc1ccc(/C=N/n2cnnc2)c(OC(F)F)c1. The van der Waals surface area contributed by atoms with Gasteiger partial charge in [-0.25, -0.2) is 4.68 Å². The summed E-state index contributed by atoms with van der Waals surface area (Å²) >= 11 is 0. The van der Waals surface area contributed by atoms with Gasteiger partial charge in [0.1, 0.15) is 24.2 Å². The lowest BCUT2D eigenvalue weighted by molar-refractivity contribution is -0.0543. The molecule has 0 N–H and O–H groups in total. The second kappa shape index (κ2) is 6.68. The lowest BCUT2D eigenvalue weighted by Crippen LogP contribution is -2.06. The second-order valence-electron chi connectivity index (χ2n) is 3.54. The predicted molar refractivity (Wildman–Crippen MR) is 62.7 cm³/mol. The Labute approximate surface area is 115 Å². The summed E-state index contributed by atoms with van der Waals surface area (Å²) in [5.41, 5.74) is 0.144. The summed E-state index contributed by atoms with van der Waals surface area (Å²) in [4.78, 5) is 0. The molecular weight excluding hydrogens is 296 g/mol. The van der Waals surface area contributed by atoms with Crippen LogP contribution in [0.15, 0.2) is 36.0 Å². The molecule has 0 spiro atoms. The van der Waals surface area contributed by atoms with Gasteiger partial charge in [-0.1, -0.05) is 0 Å². The average molecular weight is 304 g/mol. The van der Waals surface area contributed by atoms with Crippen LogP contribution in [-0.4, -0.2) is 34.3 Å². The van der Waals surface area contributed by atoms with Crippen LogP contribution in [0.1, 0.15) is 5.56 Å². The molecule has 112 valence electrons. The lowest BCUT2D eigenvalue weighted by atomic mass is 10.2. The molecule has 1 heterocycles. The minimum atomic E-state index is -3.12. The first kappa shape index (κ1) is 14.8. The first-order chi connectivity index (χ1) is 10.0. The third-order valence-corrected chi connectivity index (χ3v) is 2.16. The van der Waals surface area contributed by atoms with Gasteiger partial charge in [0.05, 0.1) is 6.21 Å². The highest BCUT2D eigenvalue weighted by Crippen LogP contribution is 2.26. The van der Waals surface area contributed by atoms with Gasteiger partial charge in [0.25, 0.3) is 0 Å². The third-order valence-electron chi connectivity index (χ3n) is 2.16. The molecule has 0 aliphatic carbocycles. The number of nitrogens with zero attached hydrogens (tertiary/aromatic N) is 4. The van der Waals surface area contributed by atoms with Crippen LogP contribution in [0.4, 0.5) is 17.6 Å². The van der Waals surface area contributed by atoms with Gasteiger partial charge in [-0.05, 0) is 12.1 Å². The van der Waals surface area contributed by atoms with Crippen molar-refractivity contribution in [2.24, 2.45) is 5.10 Å². The van der Waals surface area contributed by atoms with E-state index in [1.807, 2.05) is 0 Å². The first-order valence-corrected chi connectivity index (χ1v) is 5.47. The summed E-state index contributed by atoms with van der Waals surface area (Å²) in [5, 5.41) is 10.8.